The van der Waals surface area contributed by atoms with Crippen molar-refractivity contribution in [3.8, 4) is 0 Å². The first kappa shape index (κ1) is 11.5. The molecule has 0 aliphatic heterocycles. The first-order valence-corrected chi connectivity index (χ1v) is 5.24. The Balaban J connectivity index is 2.17. The minimum Gasteiger partial charge on any atom is -0.319 e. The van der Waals surface area contributed by atoms with Crippen LogP contribution in [0.5, 0.6) is 0 Å². The molecule has 0 aliphatic rings. The summed E-state index contributed by atoms with van der Waals surface area (Å²) in [5, 5.41) is 2.95. The summed E-state index contributed by atoms with van der Waals surface area (Å²) in [4.78, 5) is 23.4. The summed E-state index contributed by atoms with van der Waals surface area (Å²) in [7, 11) is 0. The second-order valence-corrected chi connectivity index (χ2v) is 3.76. The maximum atomic E-state index is 11.8. The van der Waals surface area contributed by atoms with Crippen molar-refractivity contribution in [3.63, 3.8) is 0 Å². The first-order chi connectivity index (χ1) is 8.16. The molecule has 86 valence electrons. The minimum atomic E-state index is -0.342. The lowest BCUT2D eigenvalue weighted by Gasteiger charge is -2.06. The van der Waals surface area contributed by atoms with Gasteiger partial charge in [0, 0.05) is 6.20 Å². The van der Waals surface area contributed by atoms with Crippen molar-refractivity contribution in [1.82, 2.24) is 15.0 Å². The van der Waals surface area contributed by atoms with Gasteiger partial charge < -0.3 is 5.32 Å². The van der Waals surface area contributed by atoms with E-state index < -0.39 is 0 Å². The van der Waals surface area contributed by atoms with Gasteiger partial charge in [-0.25, -0.2) is 9.97 Å². The van der Waals surface area contributed by atoms with Crippen LogP contribution in [0.4, 0.5) is 5.69 Å². The third-order valence-corrected chi connectivity index (χ3v) is 2.34. The predicted molar refractivity (Wildman–Crippen MR) is 64.0 cm³/mol. The zero-order valence-corrected chi connectivity index (χ0v) is 9.77. The van der Waals surface area contributed by atoms with E-state index in [1.54, 1.807) is 12.4 Å². The van der Waals surface area contributed by atoms with Gasteiger partial charge in [0.1, 0.15) is 10.8 Å². The zero-order valence-electron chi connectivity index (χ0n) is 9.01. The fourth-order valence-corrected chi connectivity index (χ4v) is 1.31. The maximum absolute atomic E-state index is 11.8. The molecule has 17 heavy (non-hydrogen) atoms. The van der Waals surface area contributed by atoms with E-state index in [2.05, 4.69) is 20.3 Å². The SMILES string of the molecule is Cc1ccncc1NC(=O)c1cnc(Cl)cn1. The fourth-order valence-electron chi connectivity index (χ4n) is 1.21. The lowest BCUT2D eigenvalue weighted by molar-refractivity contribution is 0.102. The Hall–Kier alpha value is -2.01. The molecule has 1 amide bonds. The molecule has 6 heteroatoms. The summed E-state index contributed by atoms with van der Waals surface area (Å²) in [5.41, 5.74) is 1.78. The Bertz CT molecular complexity index is 541. The highest BCUT2D eigenvalue weighted by molar-refractivity contribution is 6.29. The smallest absolute Gasteiger partial charge is 0.275 e. The van der Waals surface area contributed by atoms with E-state index in [0.717, 1.165) is 5.56 Å². The van der Waals surface area contributed by atoms with E-state index in [1.165, 1.54) is 12.4 Å². The molecule has 2 aromatic rings. The van der Waals surface area contributed by atoms with E-state index >= 15 is 0 Å². The maximum Gasteiger partial charge on any atom is 0.275 e. The van der Waals surface area contributed by atoms with E-state index in [4.69, 9.17) is 11.6 Å². The van der Waals surface area contributed by atoms with Crippen molar-refractivity contribution in [1.29, 1.82) is 0 Å². The standard InChI is InChI=1S/C11H9ClN4O/c1-7-2-3-13-4-8(7)16-11(17)9-5-15-10(12)6-14-9/h2-6H,1H3,(H,16,17). The number of aryl methyl sites for hydroxylation is 1. The predicted octanol–water partition coefficient (Wildman–Crippen LogP) is 2.09. The number of pyridine rings is 1. The highest BCUT2D eigenvalue weighted by Crippen LogP contribution is 2.12. The van der Waals surface area contributed by atoms with Crippen LogP contribution >= 0.6 is 11.6 Å². The summed E-state index contributed by atoms with van der Waals surface area (Å²) in [6, 6.07) is 1.81. The number of aromatic nitrogens is 3. The van der Waals surface area contributed by atoms with Crippen molar-refractivity contribution >= 4 is 23.2 Å². The summed E-state index contributed by atoms with van der Waals surface area (Å²) < 4.78 is 0. The number of hydrogen-bond acceptors (Lipinski definition) is 4. The van der Waals surface area contributed by atoms with Crippen LogP contribution in [0.2, 0.25) is 5.15 Å². The molecule has 0 saturated heterocycles. The monoisotopic (exact) mass is 248 g/mol. The molecule has 0 unspecified atom stereocenters. The first-order valence-electron chi connectivity index (χ1n) is 4.86. The molecule has 0 radical (unpaired) electrons. The molecule has 0 bridgehead atoms. The molecule has 5 nitrogen and oxygen atoms in total. The number of rotatable bonds is 2. The number of carbonyl (C=O) groups is 1. The summed E-state index contributed by atoms with van der Waals surface area (Å²) in [6.07, 6.45) is 5.89. The third-order valence-electron chi connectivity index (χ3n) is 2.14. The summed E-state index contributed by atoms with van der Waals surface area (Å²) in [6.45, 7) is 1.88. The number of amides is 1. The van der Waals surface area contributed by atoms with Crippen molar-refractivity contribution in [2.45, 2.75) is 6.92 Å². The van der Waals surface area contributed by atoms with Gasteiger partial charge in [0.05, 0.1) is 24.3 Å². The van der Waals surface area contributed by atoms with Crippen molar-refractivity contribution < 1.29 is 4.79 Å². The van der Waals surface area contributed by atoms with Crippen LogP contribution in [0.1, 0.15) is 16.1 Å². The van der Waals surface area contributed by atoms with Gasteiger partial charge >= 0.3 is 0 Å². The molecule has 2 rings (SSSR count). The van der Waals surface area contributed by atoms with Crippen LogP contribution in [0.3, 0.4) is 0 Å². The number of halogens is 1. The second kappa shape index (κ2) is 4.88. The molecular weight excluding hydrogens is 240 g/mol. The molecule has 2 aromatic heterocycles. The number of nitrogens with one attached hydrogen (secondary N) is 1. The lowest BCUT2D eigenvalue weighted by atomic mass is 10.2. The minimum absolute atomic E-state index is 0.206. The molecule has 0 atom stereocenters. The van der Waals surface area contributed by atoms with Crippen molar-refractivity contribution in [2.24, 2.45) is 0 Å². The number of hydrogen-bond donors (Lipinski definition) is 1. The van der Waals surface area contributed by atoms with E-state index in [9.17, 15) is 4.79 Å². The van der Waals surface area contributed by atoms with E-state index in [-0.39, 0.29) is 16.8 Å². The van der Waals surface area contributed by atoms with Crippen LogP contribution in [0.15, 0.2) is 30.9 Å². The highest BCUT2D eigenvalue weighted by Gasteiger charge is 2.09. The zero-order chi connectivity index (χ0) is 12.3. The van der Waals surface area contributed by atoms with Gasteiger partial charge in [0.25, 0.3) is 5.91 Å². The number of nitrogens with zero attached hydrogens (tertiary/aromatic N) is 3. The average Bonchev–Trinajstić information content (AvgIpc) is 2.33. The summed E-state index contributed by atoms with van der Waals surface area (Å²) in [5.74, 6) is -0.342. The Kier molecular flexibility index (Phi) is 3.30. The van der Waals surface area contributed by atoms with Gasteiger partial charge in [0.2, 0.25) is 0 Å². The van der Waals surface area contributed by atoms with Gasteiger partial charge in [-0.05, 0) is 18.6 Å². The second-order valence-electron chi connectivity index (χ2n) is 3.37. The van der Waals surface area contributed by atoms with Crippen LogP contribution in [-0.4, -0.2) is 20.9 Å². The number of carbonyl (C=O) groups excluding carboxylic acids is 1. The topological polar surface area (TPSA) is 67.8 Å². The normalized spacial score (nSPS) is 10.0. The van der Waals surface area contributed by atoms with Crippen molar-refractivity contribution in [2.75, 3.05) is 5.32 Å². The molecule has 0 aromatic carbocycles. The molecule has 0 saturated carbocycles. The molecule has 0 spiro atoms. The Morgan fingerprint density at radius 3 is 2.76 bits per heavy atom. The third kappa shape index (κ3) is 2.76. The Labute approximate surface area is 103 Å². The highest BCUT2D eigenvalue weighted by atomic mass is 35.5. The van der Waals surface area contributed by atoms with Gasteiger partial charge in [0.15, 0.2) is 0 Å². The average molecular weight is 249 g/mol. The molecular formula is C11H9ClN4O. The Morgan fingerprint density at radius 1 is 1.29 bits per heavy atom. The molecule has 0 aliphatic carbocycles. The van der Waals surface area contributed by atoms with Gasteiger partial charge in [-0.1, -0.05) is 11.6 Å². The van der Waals surface area contributed by atoms with Gasteiger partial charge in [-0.3, -0.25) is 9.78 Å². The fraction of sp³-hybridized carbons (Fsp3) is 0.0909. The molecule has 1 N–H and O–H groups in total. The van der Waals surface area contributed by atoms with Crippen LogP contribution in [0, 0.1) is 6.92 Å². The molecule has 2 heterocycles. The quantitative estimate of drug-likeness (QED) is 0.884. The number of anilines is 1. The van der Waals surface area contributed by atoms with Gasteiger partial charge in [-0.15, -0.1) is 0 Å². The largest absolute Gasteiger partial charge is 0.319 e. The Morgan fingerprint density at radius 2 is 2.12 bits per heavy atom. The van der Waals surface area contributed by atoms with Gasteiger partial charge in [-0.2, -0.15) is 0 Å². The lowest BCUT2D eigenvalue weighted by Crippen LogP contribution is -2.14. The van der Waals surface area contributed by atoms with E-state index in [0.29, 0.717) is 5.69 Å². The van der Waals surface area contributed by atoms with Crippen LogP contribution < -0.4 is 5.32 Å². The van der Waals surface area contributed by atoms with Crippen LogP contribution in [-0.2, 0) is 0 Å². The summed E-state index contributed by atoms with van der Waals surface area (Å²) >= 11 is 5.59. The molecule has 0 fully saturated rings. The van der Waals surface area contributed by atoms with Crippen LogP contribution in [0.25, 0.3) is 0 Å². The van der Waals surface area contributed by atoms with E-state index in [1.807, 2.05) is 13.0 Å². The van der Waals surface area contributed by atoms with Crippen molar-refractivity contribution in [3.05, 3.63) is 47.3 Å².